The lowest BCUT2D eigenvalue weighted by atomic mass is 9.86. The Bertz CT molecular complexity index is 980. The van der Waals surface area contributed by atoms with Gasteiger partial charge in [0.15, 0.2) is 0 Å². The second-order valence-electron chi connectivity index (χ2n) is 7.06. The van der Waals surface area contributed by atoms with Crippen molar-refractivity contribution in [2.75, 3.05) is 13.7 Å². The highest BCUT2D eigenvalue weighted by Gasteiger charge is 2.27. The molecule has 2 N–H and O–H groups in total. The molecule has 3 aromatic rings. The molecule has 0 aliphatic heterocycles. The maximum absolute atomic E-state index is 13.6. The molecular formula is C22H23FN2O2. The van der Waals surface area contributed by atoms with Gasteiger partial charge in [0.05, 0.1) is 7.11 Å². The predicted molar refractivity (Wildman–Crippen MR) is 103 cm³/mol. The number of aryl methyl sites for hydroxylation is 1. The molecule has 4 rings (SSSR count). The number of H-pyrrole nitrogens is 1. The van der Waals surface area contributed by atoms with Gasteiger partial charge in [-0.3, -0.25) is 4.79 Å². The average molecular weight is 366 g/mol. The number of benzene rings is 2. The van der Waals surface area contributed by atoms with E-state index in [4.69, 9.17) is 4.74 Å². The SMILES string of the molecule is COc1ccccc1CCNC(=O)C1CCc2[nH]c3ccc(F)cc3c2C1. The monoisotopic (exact) mass is 366 g/mol. The smallest absolute Gasteiger partial charge is 0.223 e. The normalized spacial score (nSPS) is 16.1. The average Bonchev–Trinajstić information content (AvgIpc) is 3.05. The number of methoxy groups -OCH3 is 1. The number of rotatable bonds is 5. The highest BCUT2D eigenvalue weighted by atomic mass is 19.1. The zero-order valence-electron chi connectivity index (χ0n) is 15.3. The van der Waals surface area contributed by atoms with Gasteiger partial charge in [-0.15, -0.1) is 0 Å². The van der Waals surface area contributed by atoms with Gasteiger partial charge in [-0.2, -0.15) is 0 Å². The number of amides is 1. The van der Waals surface area contributed by atoms with Crippen molar-refractivity contribution in [2.24, 2.45) is 5.92 Å². The summed E-state index contributed by atoms with van der Waals surface area (Å²) < 4.78 is 19.0. The third kappa shape index (κ3) is 3.54. The molecule has 2 aromatic carbocycles. The van der Waals surface area contributed by atoms with Crippen molar-refractivity contribution >= 4 is 16.8 Å². The summed E-state index contributed by atoms with van der Waals surface area (Å²) in [5.41, 5.74) is 4.24. The Kier molecular flexibility index (Phi) is 4.84. The van der Waals surface area contributed by atoms with Gasteiger partial charge in [0.25, 0.3) is 0 Å². The lowest BCUT2D eigenvalue weighted by Gasteiger charge is -2.22. The molecule has 0 spiro atoms. The first-order valence-electron chi connectivity index (χ1n) is 9.34. The van der Waals surface area contributed by atoms with Crippen LogP contribution in [0.5, 0.6) is 5.75 Å². The molecule has 0 saturated heterocycles. The molecule has 1 atom stereocenters. The summed E-state index contributed by atoms with van der Waals surface area (Å²) >= 11 is 0. The van der Waals surface area contributed by atoms with E-state index < -0.39 is 0 Å². The first kappa shape index (κ1) is 17.6. The predicted octanol–water partition coefficient (Wildman–Crippen LogP) is 3.78. The molecule has 0 bridgehead atoms. The maximum atomic E-state index is 13.6. The fourth-order valence-electron chi connectivity index (χ4n) is 3.99. The zero-order chi connectivity index (χ0) is 18.8. The molecular weight excluding hydrogens is 343 g/mol. The van der Waals surface area contributed by atoms with Gasteiger partial charge in [-0.05, 0) is 61.1 Å². The van der Waals surface area contributed by atoms with E-state index >= 15 is 0 Å². The number of aromatic nitrogens is 1. The van der Waals surface area contributed by atoms with Crippen LogP contribution in [0.15, 0.2) is 42.5 Å². The first-order valence-corrected chi connectivity index (χ1v) is 9.34. The molecule has 1 aliphatic rings. The van der Waals surface area contributed by atoms with Crippen LogP contribution in [0.4, 0.5) is 4.39 Å². The highest BCUT2D eigenvalue weighted by Crippen LogP contribution is 2.32. The van der Waals surface area contributed by atoms with Gasteiger partial charge in [0, 0.05) is 29.1 Å². The third-order valence-corrected chi connectivity index (χ3v) is 5.41. The number of para-hydroxylation sites is 1. The number of nitrogens with one attached hydrogen (secondary N) is 2. The summed E-state index contributed by atoms with van der Waals surface area (Å²) in [7, 11) is 1.65. The van der Waals surface area contributed by atoms with Crippen LogP contribution in [0, 0.1) is 11.7 Å². The number of aromatic amines is 1. The standard InChI is InChI=1S/C22H23FN2O2/c1-27-21-5-3-2-4-14(21)10-11-24-22(26)15-6-8-19-17(12-15)18-13-16(23)7-9-20(18)25-19/h2-5,7,9,13,15,25H,6,8,10-12H2,1H3,(H,24,26). The Morgan fingerprint density at radius 1 is 1.30 bits per heavy atom. The molecule has 1 aromatic heterocycles. The van der Waals surface area contributed by atoms with Crippen LogP contribution in [0.3, 0.4) is 0 Å². The summed E-state index contributed by atoms with van der Waals surface area (Å²) in [5, 5.41) is 3.96. The molecule has 1 unspecified atom stereocenters. The number of carbonyl (C=O) groups excluding carboxylic acids is 1. The van der Waals surface area contributed by atoms with E-state index in [0.29, 0.717) is 13.0 Å². The largest absolute Gasteiger partial charge is 0.496 e. The number of hydrogen-bond acceptors (Lipinski definition) is 2. The Labute approximate surface area is 157 Å². The van der Waals surface area contributed by atoms with Gasteiger partial charge in [0.2, 0.25) is 5.91 Å². The molecule has 1 amide bonds. The van der Waals surface area contributed by atoms with Crippen molar-refractivity contribution in [2.45, 2.75) is 25.7 Å². The minimum absolute atomic E-state index is 0.0706. The highest BCUT2D eigenvalue weighted by molar-refractivity contribution is 5.87. The van der Waals surface area contributed by atoms with E-state index in [0.717, 1.165) is 52.7 Å². The lowest BCUT2D eigenvalue weighted by Crippen LogP contribution is -2.35. The molecule has 140 valence electrons. The quantitative estimate of drug-likeness (QED) is 0.722. The number of hydrogen-bond donors (Lipinski definition) is 2. The van der Waals surface area contributed by atoms with E-state index in [-0.39, 0.29) is 17.6 Å². The van der Waals surface area contributed by atoms with Crippen LogP contribution in [0.1, 0.15) is 23.2 Å². The molecule has 1 heterocycles. The Morgan fingerprint density at radius 2 is 2.15 bits per heavy atom. The zero-order valence-corrected chi connectivity index (χ0v) is 15.3. The van der Waals surface area contributed by atoms with Crippen molar-refractivity contribution in [3.05, 3.63) is 65.1 Å². The van der Waals surface area contributed by atoms with Gasteiger partial charge < -0.3 is 15.0 Å². The fourth-order valence-corrected chi connectivity index (χ4v) is 3.99. The van der Waals surface area contributed by atoms with Gasteiger partial charge in [-0.1, -0.05) is 18.2 Å². The van der Waals surface area contributed by atoms with Crippen molar-refractivity contribution in [1.29, 1.82) is 0 Å². The number of ether oxygens (including phenoxy) is 1. The Morgan fingerprint density at radius 3 is 3.00 bits per heavy atom. The van der Waals surface area contributed by atoms with E-state index in [2.05, 4.69) is 10.3 Å². The third-order valence-electron chi connectivity index (χ3n) is 5.41. The molecule has 0 fully saturated rings. The number of fused-ring (bicyclic) bond motifs is 3. The molecule has 0 radical (unpaired) electrons. The second kappa shape index (κ2) is 7.43. The van der Waals surface area contributed by atoms with Crippen molar-refractivity contribution in [3.8, 4) is 5.75 Å². The van der Waals surface area contributed by atoms with Gasteiger partial charge in [-0.25, -0.2) is 4.39 Å². The molecule has 4 nitrogen and oxygen atoms in total. The second-order valence-corrected chi connectivity index (χ2v) is 7.06. The molecule has 5 heteroatoms. The van der Waals surface area contributed by atoms with Crippen LogP contribution >= 0.6 is 0 Å². The van der Waals surface area contributed by atoms with Crippen LogP contribution < -0.4 is 10.1 Å². The van der Waals surface area contributed by atoms with Crippen LogP contribution in [0.2, 0.25) is 0 Å². The van der Waals surface area contributed by atoms with Gasteiger partial charge in [0.1, 0.15) is 11.6 Å². The van der Waals surface area contributed by atoms with E-state index in [1.54, 1.807) is 19.2 Å². The van der Waals surface area contributed by atoms with Crippen molar-refractivity contribution in [1.82, 2.24) is 10.3 Å². The van der Waals surface area contributed by atoms with E-state index in [9.17, 15) is 9.18 Å². The Balaban J connectivity index is 1.40. The van der Waals surface area contributed by atoms with Crippen molar-refractivity contribution < 1.29 is 13.9 Å². The van der Waals surface area contributed by atoms with E-state index in [1.807, 2.05) is 24.3 Å². The number of carbonyl (C=O) groups is 1. The summed E-state index contributed by atoms with van der Waals surface area (Å²) in [6.07, 6.45) is 3.00. The number of halogens is 1. The lowest BCUT2D eigenvalue weighted by molar-refractivity contribution is -0.125. The van der Waals surface area contributed by atoms with Gasteiger partial charge >= 0.3 is 0 Å². The minimum Gasteiger partial charge on any atom is -0.496 e. The molecule has 1 aliphatic carbocycles. The molecule has 0 saturated carbocycles. The maximum Gasteiger partial charge on any atom is 0.223 e. The Hall–Kier alpha value is -2.82. The van der Waals surface area contributed by atoms with Crippen molar-refractivity contribution in [3.63, 3.8) is 0 Å². The van der Waals surface area contributed by atoms with Crippen LogP contribution in [0.25, 0.3) is 10.9 Å². The minimum atomic E-state index is -0.243. The molecule has 27 heavy (non-hydrogen) atoms. The van der Waals surface area contributed by atoms with E-state index in [1.165, 1.54) is 6.07 Å². The summed E-state index contributed by atoms with van der Waals surface area (Å²) in [4.78, 5) is 16.0. The first-order chi connectivity index (χ1) is 13.2. The topological polar surface area (TPSA) is 54.1 Å². The summed E-state index contributed by atoms with van der Waals surface area (Å²) in [5.74, 6) is 0.598. The summed E-state index contributed by atoms with van der Waals surface area (Å²) in [6.45, 7) is 0.574. The summed E-state index contributed by atoms with van der Waals surface area (Å²) in [6, 6.07) is 12.6. The fraction of sp³-hybridized carbons (Fsp3) is 0.318. The van der Waals surface area contributed by atoms with Crippen LogP contribution in [-0.2, 0) is 24.1 Å². The van der Waals surface area contributed by atoms with Crippen LogP contribution in [-0.4, -0.2) is 24.5 Å².